The minimum Gasteiger partial charge on any atom is -0.370 e. The Morgan fingerprint density at radius 3 is 2.03 bits per heavy atom. The first kappa shape index (κ1) is 36.6. The number of amides is 2. The molecule has 0 saturated heterocycles. The molecule has 0 bridgehead atoms. The molecule has 0 radical (unpaired) electrons. The number of thiazole rings is 1. The van der Waals surface area contributed by atoms with E-state index < -0.39 is 0 Å². The second-order valence-electron chi connectivity index (χ2n) is 7.40. The average Bonchev–Trinajstić information content (AvgIpc) is 3.26. The number of fused-ring (bicyclic) bond motifs is 1. The van der Waals surface area contributed by atoms with Gasteiger partial charge in [0, 0.05) is 32.4 Å². The van der Waals surface area contributed by atoms with E-state index in [0.29, 0.717) is 31.2 Å². The molecule has 0 spiro atoms. The third-order valence-electron chi connectivity index (χ3n) is 4.62. The number of carbonyl (C=O) groups excluding carboxylic acids is 2. The summed E-state index contributed by atoms with van der Waals surface area (Å²) in [4.78, 5) is 26.0. The van der Waals surface area contributed by atoms with Gasteiger partial charge in [0.15, 0.2) is 0 Å². The van der Waals surface area contributed by atoms with E-state index >= 15 is 0 Å². The molecule has 0 saturated carbocycles. The molecule has 1 heterocycles. The molecule has 2 atom stereocenters. The van der Waals surface area contributed by atoms with E-state index in [1.165, 1.54) is 17.2 Å². The van der Waals surface area contributed by atoms with Crippen molar-refractivity contribution in [3.8, 4) is 0 Å². The van der Waals surface area contributed by atoms with Gasteiger partial charge in [-0.2, -0.15) is 0 Å². The van der Waals surface area contributed by atoms with Gasteiger partial charge in [-0.25, -0.2) is 4.98 Å². The SMILES string of the molecule is CC.CC.CC.CC(N)=O.CCC(C)C(CN)NC(=O)CCc1nc2ccc(C(C)C)cc2s1. The predicted octanol–water partition coefficient (Wildman–Crippen LogP) is 6.41. The molecule has 1 aromatic heterocycles. The minimum absolute atomic E-state index is 0.0615. The van der Waals surface area contributed by atoms with Crippen LogP contribution in [0.3, 0.4) is 0 Å². The van der Waals surface area contributed by atoms with Crippen LogP contribution in [0.15, 0.2) is 18.2 Å². The third kappa shape index (κ3) is 15.8. The molecular weight excluding hydrogens is 444 g/mol. The van der Waals surface area contributed by atoms with Crippen LogP contribution < -0.4 is 16.8 Å². The van der Waals surface area contributed by atoms with Gasteiger partial charge in [-0.05, 0) is 29.5 Å². The Labute approximate surface area is 213 Å². The van der Waals surface area contributed by atoms with E-state index in [9.17, 15) is 9.59 Å². The van der Waals surface area contributed by atoms with Gasteiger partial charge in [0.1, 0.15) is 0 Å². The van der Waals surface area contributed by atoms with Gasteiger partial charge in [-0.1, -0.05) is 81.7 Å². The van der Waals surface area contributed by atoms with Crippen LogP contribution in [-0.2, 0) is 16.0 Å². The number of nitrogens with two attached hydrogens (primary N) is 2. The third-order valence-corrected chi connectivity index (χ3v) is 5.70. The van der Waals surface area contributed by atoms with Crippen molar-refractivity contribution >= 4 is 33.4 Å². The maximum Gasteiger partial charge on any atom is 0.220 e. The van der Waals surface area contributed by atoms with E-state index in [1.54, 1.807) is 11.3 Å². The molecule has 34 heavy (non-hydrogen) atoms. The van der Waals surface area contributed by atoms with Crippen molar-refractivity contribution in [2.45, 2.75) is 107 Å². The van der Waals surface area contributed by atoms with Crippen LogP contribution in [0, 0.1) is 5.92 Å². The van der Waals surface area contributed by atoms with Gasteiger partial charge in [0.05, 0.1) is 15.2 Å². The number of aromatic nitrogens is 1. The Bertz CT molecular complexity index is 771. The number of carbonyl (C=O) groups is 2. The summed E-state index contributed by atoms with van der Waals surface area (Å²) in [5.41, 5.74) is 12.6. The Morgan fingerprint density at radius 2 is 1.59 bits per heavy atom. The van der Waals surface area contributed by atoms with Crippen molar-refractivity contribution in [3.05, 3.63) is 28.8 Å². The maximum atomic E-state index is 12.2. The van der Waals surface area contributed by atoms with E-state index in [1.807, 2.05) is 41.5 Å². The molecule has 198 valence electrons. The average molecular weight is 497 g/mol. The zero-order valence-electron chi connectivity index (χ0n) is 23.6. The van der Waals surface area contributed by atoms with Crippen LogP contribution in [0.5, 0.6) is 0 Å². The normalized spacial score (nSPS) is 11.2. The van der Waals surface area contributed by atoms with Crippen molar-refractivity contribution in [2.24, 2.45) is 17.4 Å². The first-order chi connectivity index (χ1) is 16.2. The molecule has 1 aromatic carbocycles. The molecule has 0 fully saturated rings. The molecule has 7 heteroatoms. The first-order valence-electron chi connectivity index (χ1n) is 12.8. The van der Waals surface area contributed by atoms with Crippen LogP contribution in [0.25, 0.3) is 10.2 Å². The fraction of sp³-hybridized carbons (Fsp3) is 0.667. The van der Waals surface area contributed by atoms with Crippen LogP contribution in [0.2, 0.25) is 0 Å². The summed E-state index contributed by atoms with van der Waals surface area (Å²) in [6, 6.07) is 6.50. The van der Waals surface area contributed by atoms with Gasteiger partial charge < -0.3 is 16.8 Å². The van der Waals surface area contributed by atoms with Crippen molar-refractivity contribution in [1.82, 2.24) is 10.3 Å². The number of nitrogens with zero attached hydrogens (tertiary/aromatic N) is 1. The number of hydrogen-bond donors (Lipinski definition) is 3. The lowest BCUT2D eigenvalue weighted by atomic mass is 9.99. The van der Waals surface area contributed by atoms with Gasteiger partial charge in [-0.3, -0.25) is 9.59 Å². The van der Waals surface area contributed by atoms with Gasteiger partial charge in [0.2, 0.25) is 11.8 Å². The monoisotopic (exact) mass is 496 g/mol. The fourth-order valence-electron chi connectivity index (χ4n) is 2.67. The highest BCUT2D eigenvalue weighted by Crippen LogP contribution is 2.26. The largest absolute Gasteiger partial charge is 0.370 e. The van der Waals surface area contributed by atoms with E-state index in [4.69, 9.17) is 5.73 Å². The van der Waals surface area contributed by atoms with Gasteiger partial charge in [0.25, 0.3) is 0 Å². The van der Waals surface area contributed by atoms with Crippen molar-refractivity contribution in [1.29, 1.82) is 0 Å². The molecule has 5 N–H and O–H groups in total. The minimum atomic E-state index is -0.333. The quantitative estimate of drug-likeness (QED) is 0.392. The van der Waals surface area contributed by atoms with E-state index in [-0.39, 0.29) is 17.9 Å². The number of nitrogens with one attached hydrogen (secondary N) is 1. The zero-order valence-corrected chi connectivity index (χ0v) is 24.4. The molecule has 2 aromatic rings. The van der Waals surface area contributed by atoms with Crippen LogP contribution >= 0.6 is 11.3 Å². The summed E-state index contributed by atoms with van der Waals surface area (Å²) in [6.45, 7) is 22.4. The topological polar surface area (TPSA) is 111 Å². The van der Waals surface area contributed by atoms with E-state index in [2.05, 4.69) is 61.9 Å². The summed E-state index contributed by atoms with van der Waals surface area (Å²) in [5.74, 6) is 0.642. The molecule has 2 unspecified atom stereocenters. The number of primary amides is 1. The Kier molecular flexibility index (Phi) is 24.5. The fourth-order valence-corrected chi connectivity index (χ4v) is 3.69. The predicted molar refractivity (Wildman–Crippen MR) is 151 cm³/mol. The lowest BCUT2D eigenvalue weighted by Crippen LogP contribution is -2.44. The molecule has 2 amide bonds. The Hall–Kier alpha value is -1.99. The standard InChI is InChI=1S/C19H29N3OS.C2H5NO.3C2H6/c1-5-13(4)16(11-20)21-18(23)8-9-19-22-15-7-6-14(12(2)3)10-17(15)24-19;1-2(3)4;3*1-2/h6-7,10,12-13,16H,5,8-9,11,20H2,1-4H3,(H,21,23);1H3,(H2,3,4);3*1-2H3. The zero-order chi connectivity index (χ0) is 27.3. The number of benzene rings is 1. The number of rotatable bonds is 8. The Balaban J connectivity index is -0.000000835. The molecule has 2 rings (SSSR count). The summed E-state index contributed by atoms with van der Waals surface area (Å²) < 4.78 is 1.20. The van der Waals surface area contributed by atoms with Crippen molar-refractivity contribution in [3.63, 3.8) is 0 Å². The smallest absolute Gasteiger partial charge is 0.220 e. The Morgan fingerprint density at radius 1 is 1.06 bits per heavy atom. The molecule has 0 aliphatic rings. The molecule has 0 aliphatic heterocycles. The highest BCUT2D eigenvalue weighted by Gasteiger charge is 2.17. The highest BCUT2D eigenvalue weighted by molar-refractivity contribution is 7.18. The van der Waals surface area contributed by atoms with Gasteiger partial charge in [-0.15, -0.1) is 11.3 Å². The lowest BCUT2D eigenvalue weighted by molar-refractivity contribution is -0.122. The van der Waals surface area contributed by atoms with Crippen LogP contribution in [0.4, 0.5) is 0 Å². The summed E-state index contributed by atoms with van der Waals surface area (Å²) >= 11 is 1.69. The maximum absolute atomic E-state index is 12.2. The second-order valence-corrected chi connectivity index (χ2v) is 8.51. The van der Waals surface area contributed by atoms with Crippen LogP contribution in [-0.4, -0.2) is 29.4 Å². The van der Waals surface area contributed by atoms with E-state index in [0.717, 1.165) is 16.9 Å². The summed E-state index contributed by atoms with van der Waals surface area (Å²) in [5, 5.41) is 4.08. The molecule has 0 aliphatic carbocycles. The second kappa shape index (κ2) is 22.8. The summed E-state index contributed by atoms with van der Waals surface area (Å²) in [7, 11) is 0. The van der Waals surface area contributed by atoms with Crippen molar-refractivity contribution in [2.75, 3.05) is 6.54 Å². The molecular formula is C27H52N4O2S. The number of hydrogen-bond acceptors (Lipinski definition) is 5. The van der Waals surface area contributed by atoms with Crippen molar-refractivity contribution < 1.29 is 9.59 Å². The first-order valence-corrected chi connectivity index (χ1v) is 13.6. The lowest BCUT2D eigenvalue weighted by Gasteiger charge is -2.22. The number of aryl methyl sites for hydroxylation is 1. The van der Waals surface area contributed by atoms with Crippen LogP contribution in [0.1, 0.15) is 105 Å². The van der Waals surface area contributed by atoms with Gasteiger partial charge >= 0.3 is 0 Å². The highest BCUT2D eigenvalue weighted by atomic mass is 32.1. The molecule has 6 nitrogen and oxygen atoms in total. The summed E-state index contributed by atoms with van der Waals surface area (Å²) in [6.07, 6.45) is 2.15.